The van der Waals surface area contributed by atoms with Crippen molar-refractivity contribution in [1.82, 2.24) is 15.1 Å². The quantitative estimate of drug-likeness (QED) is 0.760. The number of aryl methyl sites for hydroxylation is 2. The maximum Gasteiger partial charge on any atom is 0.0613 e. The van der Waals surface area contributed by atoms with Crippen molar-refractivity contribution in [3.8, 4) is 0 Å². The highest BCUT2D eigenvalue weighted by atomic mass is 16.5. The van der Waals surface area contributed by atoms with E-state index in [0.717, 1.165) is 18.8 Å². The molecule has 1 heterocycles. The van der Waals surface area contributed by atoms with Crippen molar-refractivity contribution in [1.29, 1.82) is 0 Å². The zero-order valence-electron chi connectivity index (χ0n) is 9.37. The summed E-state index contributed by atoms with van der Waals surface area (Å²) in [5.41, 5.74) is 2.26. The monoisotopic (exact) mass is 197 g/mol. The Morgan fingerprint density at radius 2 is 2.36 bits per heavy atom. The van der Waals surface area contributed by atoms with Crippen LogP contribution in [-0.4, -0.2) is 29.5 Å². The molecule has 4 heteroatoms. The maximum atomic E-state index is 5.04. The summed E-state index contributed by atoms with van der Waals surface area (Å²) < 4.78 is 6.95. The number of methoxy groups -OCH3 is 1. The summed E-state index contributed by atoms with van der Waals surface area (Å²) in [5, 5.41) is 7.65. The van der Waals surface area contributed by atoms with Gasteiger partial charge in [-0.2, -0.15) is 5.10 Å². The smallest absolute Gasteiger partial charge is 0.0613 e. The molecule has 0 aliphatic rings. The van der Waals surface area contributed by atoms with E-state index in [4.69, 9.17) is 4.74 Å². The Kier molecular flexibility index (Phi) is 4.10. The minimum absolute atomic E-state index is 0.371. The van der Waals surface area contributed by atoms with Crippen molar-refractivity contribution in [3.05, 3.63) is 17.5 Å². The molecule has 80 valence electrons. The molecule has 1 unspecified atom stereocenters. The van der Waals surface area contributed by atoms with E-state index >= 15 is 0 Å². The van der Waals surface area contributed by atoms with Crippen LogP contribution < -0.4 is 5.32 Å². The van der Waals surface area contributed by atoms with E-state index in [1.54, 1.807) is 7.11 Å². The molecule has 14 heavy (non-hydrogen) atoms. The third-order valence-corrected chi connectivity index (χ3v) is 2.15. The second-order valence-corrected chi connectivity index (χ2v) is 3.64. The van der Waals surface area contributed by atoms with E-state index < -0.39 is 0 Å². The third-order valence-electron chi connectivity index (χ3n) is 2.15. The number of ether oxygens (including phenoxy) is 1. The van der Waals surface area contributed by atoms with E-state index in [2.05, 4.69) is 23.4 Å². The summed E-state index contributed by atoms with van der Waals surface area (Å²) >= 11 is 0. The van der Waals surface area contributed by atoms with Crippen LogP contribution in [0.15, 0.2) is 6.07 Å². The molecule has 0 amide bonds. The summed E-state index contributed by atoms with van der Waals surface area (Å²) in [7, 11) is 3.68. The van der Waals surface area contributed by atoms with Gasteiger partial charge in [0.2, 0.25) is 0 Å². The van der Waals surface area contributed by atoms with E-state index in [1.165, 1.54) is 5.69 Å². The number of nitrogens with zero attached hydrogens (tertiary/aromatic N) is 2. The molecule has 1 N–H and O–H groups in total. The molecule has 0 aromatic carbocycles. The Hall–Kier alpha value is -0.870. The van der Waals surface area contributed by atoms with Crippen LogP contribution in [0.2, 0.25) is 0 Å². The minimum atomic E-state index is 0.371. The molecule has 0 bridgehead atoms. The molecule has 0 saturated heterocycles. The van der Waals surface area contributed by atoms with Crippen LogP contribution in [0, 0.1) is 6.92 Å². The van der Waals surface area contributed by atoms with Gasteiger partial charge in [0.1, 0.15) is 0 Å². The predicted molar refractivity (Wildman–Crippen MR) is 56.1 cm³/mol. The van der Waals surface area contributed by atoms with Gasteiger partial charge in [-0.25, -0.2) is 0 Å². The van der Waals surface area contributed by atoms with Crippen LogP contribution in [0.3, 0.4) is 0 Å². The predicted octanol–water partition coefficient (Wildman–Crippen LogP) is 0.853. The van der Waals surface area contributed by atoms with Crippen LogP contribution >= 0.6 is 0 Å². The lowest BCUT2D eigenvalue weighted by molar-refractivity contribution is 0.171. The average Bonchev–Trinajstić information content (AvgIpc) is 2.42. The van der Waals surface area contributed by atoms with Crippen molar-refractivity contribution < 1.29 is 4.74 Å². The van der Waals surface area contributed by atoms with Crippen LogP contribution in [0.4, 0.5) is 0 Å². The highest BCUT2D eigenvalue weighted by molar-refractivity contribution is 5.08. The van der Waals surface area contributed by atoms with E-state index in [9.17, 15) is 0 Å². The molecule has 0 aliphatic carbocycles. The minimum Gasteiger partial charge on any atom is -0.383 e. The SMILES string of the molecule is COCC(C)NCc1cc(C)nn1C. The molecule has 1 aromatic heterocycles. The molecule has 0 fully saturated rings. The molecule has 0 saturated carbocycles. The Labute approximate surface area is 85.3 Å². The highest BCUT2D eigenvalue weighted by Gasteiger charge is 2.04. The second-order valence-electron chi connectivity index (χ2n) is 3.64. The fraction of sp³-hybridized carbons (Fsp3) is 0.700. The Morgan fingerprint density at radius 3 is 2.86 bits per heavy atom. The lowest BCUT2D eigenvalue weighted by Crippen LogP contribution is -2.30. The van der Waals surface area contributed by atoms with Gasteiger partial charge in [0.25, 0.3) is 0 Å². The average molecular weight is 197 g/mol. The Morgan fingerprint density at radius 1 is 1.64 bits per heavy atom. The second kappa shape index (κ2) is 5.12. The number of hydrogen-bond donors (Lipinski definition) is 1. The first-order valence-electron chi connectivity index (χ1n) is 4.85. The first-order valence-corrected chi connectivity index (χ1v) is 4.85. The molecule has 0 radical (unpaired) electrons. The van der Waals surface area contributed by atoms with Gasteiger partial charge in [-0.3, -0.25) is 4.68 Å². The first kappa shape index (κ1) is 11.2. The van der Waals surface area contributed by atoms with Crippen LogP contribution in [-0.2, 0) is 18.3 Å². The highest BCUT2D eigenvalue weighted by Crippen LogP contribution is 2.01. The maximum absolute atomic E-state index is 5.04. The summed E-state index contributed by atoms with van der Waals surface area (Å²) in [6.45, 7) is 5.67. The van der Waals surface area contributed by atoms with Crippen molar-refractivity contribution >= 4 is 0 Å². The van der Waals surface area contributed by atoms with Gasteiger partial charge in [0, 0.05) is 26.7 Å². The standard InChI is InChI=1S/C10H19N3O/c1-8-5-10(13(3)12-8)6-11-9(2)7-14-4/h5,9,11H,6-7H2,1-4H3. The molecule has 1 atom stereocenters. The third kappa shape index (κ3) is 3.12. The molecule has 0 spiro atoms. The zero-order valence-corrected chi connectivity index (χ0v) is 9.37. The Bertz CT molecular complexity index is 283. The van der Waals surface area contributed by atoms with Crippen molar-refractivity contribution in [3.63, 3.8) is 0 Å². The van der Waals surface area contributed by atoms with Gasteiger partial charge in [-0.1, -0.05) is 0 Å². The van der Waals surface area contributed by atoms with Gasteiger partial charge >= 0.3 is 0 Å². The van der Waals surface area contributed by atoms with Crippen molar-refractivity contribution in [2.75, 3.05) is 13.7 Å². The molecule has 1 aromatic rings. The van der Waals surface area contributed by atoms with Crippen LogP contribution in [0.5, 0.6) is 0 Å². The van der Waals surface area contributed by atoms with Crippen molar-refractivity contribution in [2.24, 2.45) is 7.05 Å². The number of aromatic nitrogens is 2. The first-order chi connectivity index (χ1) is 6.63. The molecule has 4 nitrogen and oxygen atoms in total. The van der Waals surface area contributed by atoms with Crippen LogP contribution in [0.25, 0.3) is 0 Å². The fourth-order valence-corrected chi connectivity index (χ4v) is 1.42. The van der Waals surface area contributed by atoms with E-state index in [0.29, 0.717) is 6.04 Å². The normalized spacial score (nSPS) is 13.1. The van der Waals surface area contributed by atoms with Gasteiger partial charge in [0.05, 0.1) is 18.0 Å². The number of hydrogen-bond acceptors (Lipinski definition) is 3. The molecule has 1 rings (SSSR count). The molecule has 0 aliphatic heterocycles. The summed E-state index contributed by atoms with van der Waals surface area (Å²) in [5.74, 6) is 0. The lowest BCUT2D eigenvalue weighted by atomic mass is 10.3. The van der Waals surface area contributed by atoms with E-state index in [-0.39, 0.29) is 0 Å². The van der Waals surface area contributed by atoms with Gasteiger partial charge < -0.3 is 10.1 Å². The topological polar surface area (TPSA) is 39.1 Å². The lowest BCUT2D eigenvalue weighted by Gasteiger charge is -2.12. The van der Waals surface area contributed by atoms with Gasteiger partial charge in [-0.05, 0) is 19.9 Å². The molecular weight excluding hydrogens is 178 g/mol. The van der Waals surface area contributed by atoms with Gasteiger partial charge in [0.15, 0.2) is 0 Å². The largest absolute Gasteiger partial charge is 0.383 e. The van der Waals surface area contributed by atoms with Crippen molar-refractivity contribution in [2.45, 2.75) is 26.4 Å². The molecular formula is C10H19N3O. The number of nitrogens with one attached hydrogen (secondary N) is 1. The Balaban J connectivity index is 2.41. The zero-order chi connectivity index (χ0) is 10.6. The fourth-order valence-electron chi connectivity index (χ4n) is 1.42. The number of rotatable bonds is 5. The summed E-state index contributed by atoms with van der Waals surface area (Å²) in [4.78, 5) is 0. The van der Waals surface area contributed by atoms with Gasteiger partial charge in [-0.15, -0.1) is 0 Å². The summed E-state index contributed by atoms with van der Waals surface area (Å²) in [6.07, 6.45) is 0. The van der Waals surface area contributed by atoms with E-state index in [1.807, 2.05) is 18.7 Å². The van der Waals surface area contributed by atoms with Crippen LogP contribution in [0.1, 0.15) is 18.3 Å². The summed E-state index contributed by atoms with van der Waals surface area (Å²) in [6, 6.07) is 2.46.